The van der Waals surface area contributed by atoms with Gasteiger partial charge in [0.1, 0.15) is 5.01 Å². The van der Waals surface area contributed by atoms with E-state index >= 15 is 0 Å². The van der Waals surface area contributed by atoms with E-state index in [0.717, 1.165) is 31.3 Å². The van der Waals surface area contributed by atoms with Gasteiger partial charge >= 0.3 is 0 Å². The molecule has 0 aliphatic carbocycles. The first-order valence-electron chi connectivity index (χ1n) is 4.96. The summed E-state index contributed by atoms with van der Waals surface area (Å²) in [4.78, 5) is 9.87. The summed E-state index contributed by atoms with van der Waals surface area (Å²) >= 11 is 3.83. The van der Waals surface area contributed by atoms with Crippen LogP contribution >= 0.6 is 33.9 Å². The molecule has 16 heavy (non-hydrogen) atoms. The first kappa shape index (κ1) is 11.9. The summed E-state index contributed by atoms with van der Waals surface area (Å²) in [6, 6.07) is 3.97. The monoisotopic (exact) mass is 346 g/mol. The van der Waals surface area contributed by atoms with Gasteiger partial charge in [0.15, 0.2) is 0 Å². The third-order valence-corrected chi connectivity index (χ3v) is 4.10. The smallest absolute Gasteiger partial charge is 0.142 e. The fourth-order valence-corrected chi connectivity index (χ4v) is 2.70. The van der Waals surface area contributed by atoms with Crippen LogP contribution in [-0.4, -0.2) is 15.1 Å². The van der Waals surface area contributed by atoms with Crippen LogP contribution in [0.15, 0.2) is 18.3 Å². The van der Waals surface area contributed by atoms with Crippen molar-refractivity contribution in [3.05, 3.63) is 32.5 Å². The van der Waals surface area contributed by atoms with Crippen LogP contribution in [0.1, 0.15) is 17.5 Å². The molecule has 2 aromatic heterocycles. The molecule has 0 amide bonds. The number of rotatable bonds is 3. The molecular formula is C11H11IN2OS. The molecule has 0 unspecified atom stereocenters. The lowest BCUT2D eigenvalue weighted by Gasteiger charge is -1.94. The zero-order valence-corrected chi connectivity index (χ0v) is 11.7. The van der Waals surface area contributed by atoms with Gasteiger partial charge in [-0.05, 0) is 41.1 Å². The molecule has 2 aromatic rings. The van der Waals surface area contributed by atoms with Crippen molar-refractivity contribution in [2.45, 2.75) is 20.0 Å². The predicted molar refractivity (Wildman–Crippen MR) is 73.4 cm³/mol. The first-order chi connectivity index (χ1) is 7.74. The number of aliphatic hydroxyl groups is 1. The molecule has 0 aliphatic rings. The average molecular weight is 346 g/mol. The minimum Gasteiger partial charge on any atom is -0.390 e. The van der Waals surface area contributed by atoms with Crippen molar-refractivity contribution in [3.63, 3.8) is 0 Å². The molecule has 2 heterocycles. The highest BCUT2D eigenvalue weighted by molar-refractivity contribution is 14.1. The molecule has 0 spiro atoms. The Morgan fingerprint density at radius 1 is 1.44 bits per heavy atom. The number of hydrogen-bond acceptors (Lipinski definition) is 4. The maximum Gasteiger partial charge on any atom is 0.142 e. The second kappa shape index (κ2) is 5.20. The molecule has 0 atom stereocenters. The summed E-state index contributed by atoms with van der Waals surface area (Å²) < 4.78 is 1.11. The molecule has 0 saturated carbocycles. The number of aromatic nitrogens is 2. The normalized spacial score (nSPS) is 10.7. The third kappa shape index (κ3) is 2.41. The van der Waals surface area contributed by atoms with Crippen LogP contribution in [0.5, 0.6) is 0 Å². The SMILES string of the molecule is CCc1sc(-c2ccc(I)cn2)nc1CO. The topological polar surface area (TPSA) is 46.0 Å². The van der Waals surface area contributed by atoms with Crippen LogP contribution in [-0.2, 0) is 13.0 Å². The van der Waals surface area contributed by atoms with E-state index in [4.69, 9.17) is 0 Å². The van der Waals surface area contributed by atoms with Gasteiger partial charge in [-0.2, -0.15) is 0 Å². The third-order valence-electron chi connectivity index (χ3n) is 2.20. The van der Waals surface area contributed by atoms with E-state index in [1.165, 1.54) is 0 Å². The molecule has 2 rings (SSSR count). The summed E-state index contributed by atoms with van der Waals surface area (Å²) in [5.41, 5.74) is 1.66. The number of aryl methyl sites for hydroxylation is 1. The summed E-state index contributed by atoms with van der Waals surface area (Å²) in [5.74, 6) is 0. The molecule has 0 bridgehead atoms. The van der Waals surface area contributed by atoms with Gasteiger partial charge in [-0.1, -0.05) is 6.92 Å². The summed E-state index contributed by atoms with van der Waals surface area (Å²) in [6.45, 7) is 2.07. The summed E-state index contributed by atoms with van der Waals surface area (Å²) in [5, 5.41) is 10.1. The van der Waals surface area contributed by atoms with E-state index in [1.807, 2.05) is 18.3 Å². The zero-order valence-electron chi connectivity index (χ0n) is 8.77. The maximum absolute atomic E-state index is 9.18. The van der Waals surface area contributed by atoms with Crippen molar-refractivity contribution in [3.8, 4) is 10.7 Å². The highest BCUT2D eigenvalue weighted by Crippen LogP contribution is 2.27. The maximum atomic E-state index is 9.18. The zero-order chi connectivity index (χ0) is 11.5. The van der Waals surface area contributed by atoms with Crippen LogP contribution in [0, 0.1) is 3.57 Å². The van der Waals surface area contributed by atoms with Crippen LogP contribution in [0.3, 0.4) is 0 Å². The minimum absolute atomic E-state index is 0.00401. The van der Waals surface area contributed by atoms with Crippen molar-refractivity contribution in [2.24, 2.45) is 0 Å². The molecule has 0 aromatic carbocycles. The van der Waals surface area contributed by atoms with E-state index in [0.29, 0.717) is 0 Å². The lowest BCUT2D eigenvalue weighted by Crippen LogP contribution is -1.88. The van der Waals surface area contributed by atoms with E-state index < -0.39 is 0 Å². The number of nitrogens with zero attached hydrogens (tertiary/aromatic N) is 2. The Morgan fingerprint density at radius 2 is 2.25 bits per heavy atom. The van der Waals surface area contributed by atoms with Crippen molar-refractivity contribution < 1.29 is 5.11 Å². The van der Waals surface area contributed by atoms with Crippen molar-refractivity contribution >= 4 is 33.9 Å². The van der Waals surface area contributed by atoms with Gasteiger partial charge in [-0.3, -0.25) is 4.98 Å². The van der Waals surface area contributed by atoms with Crippen LogP contribution < -0.4 is 0 Å². The molecule has 0 radical (unpaired) electrons. The van der Waals surface area contributed by atoms with Crippen molar-refractivity contribution in [1.82, 2.24) is 9.97 Å². The number of halogens is 1. The van der Waals surface area contributed by atoms with E-state index in [1.54, 1.807) is 11.3 Å². The largest absolute Gasteiger partial charge is 0.390 e. The van der Waals surface area contributed by atoms with Crippen LogP contribution in [0.2, 0.25) is 0 Å². The van der Waals surface area contributed by atoms with Gasteiger partial charge < -0.3 is 5.11 Å². The Balaban J connectivity index is 2.40. The van der Waals surface area contributed by atoms with E-state index in [9.17, 15) is 5.11 Å². The van der Waals surface area contributed by atoms with Gasteiger partial charge in [-0.25, -0.2) is 4.98 Å². The Hall–Kier alpha value is -0.530. The lowest BCUT2D eigenvalue weighted by atomic mass is 10.3. The average Bonchev–Trinajstić information content (AvgIpc) is 2.73. The molecule has 3 nitrogen and oxygen atoms in total. The van der Waals surface area contributed by atoms with Crippen LogP contribution in [0.25, 0.3) is 10.7 Å². The minimum atomic E-state index is 0.00401. The number of pyridine rings is 1. The van der Waals surface area contributed by atoms with Gasteiger partial charge in [0.25, 0.3) is 0 Å². The van der Waals surface area contributed by atoms with E-state index in [2.05, 4.69) is 39.5 Å². The second-order valence-corrected chi connectivity index (χ2v) is 5.59. The van der Waals surface area contributed by atoms with Crippen LogP contribution in [0.4, 0.5) is 0 Å². The van der Waals surface area contributed by atoms with Gasteiger partial charge in [0, 0.05) is 14.6 Å². The molecule has 1 N–H and O–H groups in total. The van der Waals surface area contributed by atoms with E-state index in [-0.39, 0.29) is 6.61 Å². The predicted octanol–water partition coefficient (Wildman–Crippen LogP) is 2.86. The highest BCUT2D eigenvalue weighted by Gasteiger charge is 2.11. The fourth-order valence-electron chi connectivity index (χ4n) is 1.39. The Morgan fingerprint density at radius 3 is 2.75 bits per heavy atom. The number of hydrogen-bond donors (Lipinski definition) is 1. The highest BCUT2D eigenvalue weighted by atomic mass is 127. The lowest BCUT2D eigenvalue weighted by molar-refractivity contribution is 0.276. The molecule has 0 saturated heterocycles. The molecule has 0 aliphatic heterocycles. The molecular weight excluding hydrogens is 335 g/mol. The summed E-state index contributed by atoms with van der Waals surface area (Å²) in [7, 11) is 0. The first-order valence-corrected chi connectivity index (χ1v) is 6.85. The quantitative estimate of drug-likeness (QED) is 0.870. The second-order valence-electron chi connectivity index (χ2n) is 3.26. The number of aliphatic hydroxyl groups excluding tert-OH is 1. The fraction of sp³-hybridized carbons (Fsp3) is 0.273. The Bertz CT molecular complexity index is 460. The Kier molecular flexibility index (Phi) is 3.88. The standard InChI is InChI=1S/C11H11IN2OS/c1-2-10-9(6-15)14-11(16-10)8-4-3-7(12)5-13-8/h3-5,15H,2,6H2,1H3. The number of thiazole rings is 1. The van der Waals surface area contributed by atoms with Gasteiger partial charge in [-0.15, -0.1) is 11.3 Å². The Labute approximate surface area is 112 Å². The summed E-state index contributed by atoms with van der Waals surface area (Å²) in [6.07, 6.45) is 2.72. The molecule has 84 valence electrons. The van der Waals surface area contributed by atoms with Gasteiger partial charge in [0.05, 0.1) is 18.0 Å². The van der Waals surface area contributed by atoms with Gasteiger partial charge in [0.2, 0.25) is 0 Å². The molecule has 0 fully saturated rings. The molecule has 5 heteroatoms. The van der Waals surface area contributed by atoms with Crippen molar-refractivity contribution in [2.75, 3.05) is 0 Å². The van der Waals surface area contributed by atoms with Crippen molar-refractivity contribution in [1.29, 1.82) is 0 Å².